The molecule has 0 aliphatic heterocycles. The molecule has 1 aromatic heterocycles. The van der Waals surface area contributed by atoms with Gasteiger partial charge in [-0.05, 0) is 44.4 Å². The summed E-state index contributed by atoms with van der Waals surface area (Å²) in [6.07, 6.45) is 2.32. The second-order valence-electron chi connectivity index (χ2n) is 8.74. The van der Waals surface area contributed by atoms with Crippen molar-refractivity contribution in [2.75, 3.05) is 6.54 Å². The Labute approximate surface area is 213 Å². The van der Waals surface area contributed by atoms with E-state index < -0.39 is 60.2 Å². The van der Waals surface area contributed by atoms with Gasteiger partial charge >= 0.3 is 11.9 Å². The Balaban J connectivity index is 2.26. The van der Waals surface area contributed by atoms with Crippen LogP contribution in [0.5, 0.6) is 0 Å². The van der Waals surface area contributed by atoms with Crippen LogP contribution >= 0.6 is 0 Å². The van der Waals surface area contributed by atoms with E-state index in [-0.39, 0.29) is 12.8 Å². The minimum atomic E-state index is -1.37. The van der Waals surface area contributed by atoms with Crippen LogP contribution in [0.2, 0.25) is 0 Å². The van der Waals surface area contributed by atoms with Crippen LogP contribution in [0.4, 0.5) is 0 Å². The number of nitrogens with one attached hydrogen (secondary N) is 4. The maximum atomic E-state index is 13.2. The molecular weight excluding hydrogens is 484 g/mol. The van der Waals surface area contributed by atoms with E-state index in [0.717, 1.165) is 10.9 Å². The van der Waals surface area contributed by atoms with Gasteiger partial charge in [0, 0.05) is 23.5 Å². The first-order valence-electron chi connectivity index (χ1n) is 11.9. The summed E-state index contributed by atoms with van der Waals surface area (Å²) in [7, 11) is 0. The van der Waals surface area contributed by atoms with Crippen molar-refractivity contribution in [2.24, 2.45) is 11.5 Å². The van der Waals surface area contributed by atoms with E-state index in [1.54, 1.807) is 6.20 Å². The number of H-pyrrole nitrogens is 1. The number of carboxylic acid groups (broad SMARTS) is 2. The lowest BCUT2D eigenvalue weighted by Gasteiger charge is -2.24. The minimum Gasteiger partial charge on any atom is -0.481 e. The molecule has 13 heteroatoms. The van der Waals surface area contributed by atoms with Crippen LogP contribution in [-0.2, 0) is 30.4 Å². The molecule has 0 aliphatic rings. The van der Waals surface area contributed by atoms with E-state index >= 15 is 0 Å². The smallest absolute Gasteiger partial charge is 0.325 e. The standard InChI is InChI=1S/C24H34N6O7/c1-13(24(36)37)28-23(35)19(10-14-12-27-17-7-3-2-6-15(14)17)30-22(34)18(8-4-5-9-25)29-21(33)16(26)11-20(31)32/h2-3,6-7,12-13,16,18-19,27H,4-5,8-11,25-26H2,1H3,(H,28,35)(H,29,33)(H,30,34)(H,31,32)(H,36,37). The highest BCUT2D eigenvalue weighted by molar-refractivity contribution is 5.95. The fourth-order valence-corrected chi connectivity index (χ4v) is 3.70. The Morgan fingerprint density at radius 3 is 2.24 bits per heavy atom. The number of para-hydroxylation sites is 1. The average Bonchev–Trinajstić information content (AvgIpc) is 3.25. The zero-order valence-corrected chi connectivity index (χ0v) is 20.5. The van der Waals surface area contributed by atoms with E-state index in [0.29, 0.717) is 24.9 Å². The van der Waals surface area contributed by atoms with Gasteiger partial charge in [-0.2, -0.15) is 0 Å². The van der Waals surface area contributed by atoms with Gasteiger partial charge in [0.1, 0.15) is 18.1 Å². The normalized spacial score (nSPS) is 14.2. The van der Waals surface area contributed by atoms with Gasteiger partial charge in [-0.1, -0.05) is 18.2 Å². The third-order valence-electron chi connectivity index (χ3n) is 5.77. The van der Waals surface area contributed by atoms with Crippen molar-refractivity contribution < 1.29 is 34.2 Å². The summed E-state index contributed by atoms with van der Waals surface area (Å²) < 4.78 is 0. The molecule has 0 spiro atoms. The highest BCUT2D eigenvalue weighted by Crippen LogP contribution is 2.19. The Morgan fingerprint density at radius 2 is 1.59 bits per heavy atom. The molecule has 1 heterocycles. The molecule has 0 fully saturated rings. The quantitative estimate of drug-likeness (QED) is 0.138. The molecule has 202 valence electrons. The highest BCUT2D eigenvalue weighted by Gasteiger charge is 2.30. The molecule has 0 radical (unpaired) electrons. The lowest BCUT2D eigenvalue weighted by atomic mass is 10.0. The second kappa shape index (κ2) is 13.9. The van der Waals surface area contributed by atoms with Gasteiger partial charge in [0.15, 0.2) is 0 Å². The number of carboxylic acids is 2. The molecule has 2 aromatic rings. The Morgan fingerprint density at radius 1 is 0.946 bits per heavy atom. The zero-order valence-electron chi connectivity index (χ0n) is 20.5. The van der Waals surface area contributed by atoms with Crippen molar-refractivity contribution in [3.63, 3.8) is 0 Å². The summed E-state index contributed by atoms with van der Waals surface area (Å²) >= 11 is 0. The number of fused-ring (bicyclic) bond motifs is 1. The lowest BCUT2D eigenvalue weighted by molar-refractivity contribution is -0.141. The molecule has 4 atom stereocenters. The molecule has 3 amide bonds. The fourth-order valence-electron chi connectivity index (χ4n) is 3.70. The number of unbranched alkanes of at least 4 members (excludes halogenated alkanes) is 1. The van der Waals surface area contributed by atoms with Crippen LogP contribution < -0.4 is 27.4 Å². The van der Waals surface area contributed by atoms with Crippen LogP contribution in [-0.4, -0.2) is 75.6 Å². The van der Waals surface area contributed by atoms with E-state index in [2.05, 4.69) is 20.9 Å². The summed E-state index contributed by atoms with van der Waals surface area (Å²) in [5.74, 6) is -4.76. The Bertz CT molecular complexity index is 1120. The van der Waals surface area contributed by atoms with Gasteiger partial charge in [-0.3, -0.25) is 24.0 Å². The number of rotatable bonds is 15. The number of amides is 3. The summed E-state index contributed by atoms with van der Waals surface area (Å²) in [6, 6.07) is 2.49. The molecule has 2 rings (SSSR count). The van der Waals surface area contributed by atoms with Crippen LogP contribution in [0, 0.1) is 0 Å². The summed E-state index contributed by atoms with van der Waals surface area (Å²) in [6.45, 7) is 1.66. The van der Waals surface area contributed by atoms with Crippen LogP contribution in [0.3, 0.4) is 0 Å². The number of hydrogen-bond acceptors (Lipinski definition) is 7. The highest BCUT2D eigenvalue weighted by atomic mass is 16.4. The first-order valence-corrected chi connectivity index (χ1v) is 11.9. The number of carbonyl (C=O) groups is 5. The number of aromatic nitrogens is 1. The number of carbonyl (C=O) groups excluding carboxylic acids is 3. The molecule has 0 saturated carbocycles. The molecule has 0 aliphatic carbocycles. The zero-order chi connectivity index (χ0) is 27.5. The van der Waals surface area contributed by atoms with Crippen molar-refractivity contribution in [1.82, 2.24) is 20.9 Å². The lowest BCUT2D eigenvalue weighted by Crippen LogP contribution is -2.57. The van der Waals surface area contributed by atoms with Gasteiger partial charge in [0.25, 0.3) is 0 Å². The summed E-state index contributed by atoms with van der Waals surface area (Å²) in [5, 5.41) is 26.4. The SMILES string of the molecule is CC(NC(=O)C(Cc1c[nH]c2ccccc12)NC(=O)C(CCCCN)NC(=O)C(N)CC(=O)O)C(=O)O. The third-order valence-corrected chi connectivity index (χ3v) is 5.77. The summed E-state index contributed by atoms with van der Waals surface area (Å²) in [5.41, 5.74) is 12.7. The van der Waals surface area contributed by atoms with Crippen molar-refractivity contribution in [1.29, 1.82) is 0 Å². The molecule has 13 nitrogen and oxygen atoms in total. The molecule has 0 bridgehead atoms. The first-order chi connectivity index (χ1) is 17.5. The van der Waals surface area contributed by atoms with E-state index in [9.17, 15) is 29.1 Å². The van der Waals surface area contributed by atoms with Gasteiger partial charge in [-0.15, -0.1) is 0 Å². The van der Waals surface area contributed by atoms with Gasteiger partial charge in [-0.25, -0.2) is 0 Å². The molecule has 10 N–H and O–H groups in total. The maximum absolute atomic E-state index is 13.2. The van der Waals surface area contributed by atoms with Crippen molar-refractivity contribution >= 4 is 40.6 Å². The van der Waals surface area contributed by atoms with Crippen LogP contribution in [0.15, 0.2) is 30.5 Å². The monoisotopic (exact) mass is 518 g/mol. The van der Waals surface area contributed by atoms with Crippen molar-refractivity contribution in [3.8, 4) is 0 Å². The van der Waals surface area contributed by atoms with Crippen molar-refractivity contribution in [2.45, 2.75) is 63.2 Å². The predicted octanol–water partition coefficient (Wildman–Crippen LogP) is -0.800. The van der Waals surface area contributed by atoms with E-state index in [1.165, 1.54) is 6.92 Å². The Hall–Kier alpha value is -3.97. The first kappa shape index (κ1) is 29.3. The molecule has 1 aromatic carbocycles. The van der Waals surface area contributed by atoms with Gasteiger partial charge < -0.3 is 42.6 Å². The van der Waals surface area contributed by atoms with Crippen LogP contribution in [0.25, 0.3) is 10.9 Å². The third kappa shape index (κ3) is 8.88. The predicted molar refractivity (Wildman–Crippen MR) is 134 cm³/mol. The summed E-state index contributed by atoms with van der Waals surface area (Å²) in [4.78, 5) is 63.9. The molecule has 0 saturated heterocycles. The van der Waals surface area contributed by atoms with Crippen LogP contribution in [0.1, 0.15) is 38.2 Å². The number of hydrogen-bond donors (Lipinski definition) is 8. The topological polar surface area (TPSA) is 230 Å². The van der Waals surface area contributed by atoms with E-state index in [1.807, 2.05) is 24.3 Å². The molecule has 4 unspecified atom stereocenters. The molecular formula is C24H34N6O7. The second-order valence-corrected chi connectivity index (χ2v) is 8.74. The van der Waals surface area contributed by atoms with Gasteiger partial charge in [0.05, 0.1) is 12.5 Å². The van der Waals surface area contributed by atoms with Gasteiger partial charge in [0.2, 0.25) is 17.7 Å². The Kier molecular flexibility index (Phi) is 11.0. The number of aromatic amines is 1. The number of benzene rings is 1. The average molecular weight is 519 g/mol. The number of aliphatic carboxylic acids is 2. The number of nitrogens with two attached hydrogens (primary N) is 2. The molecule has 37 heavy (non-hydrogen) atoms. The van der Waals surface area contributed by atoms with Crippen molar-refractivity contribution in [3.05, 3.63) is 36.0 Å². The fraction of sp³-hybridized carbons (Fsp3) is 0.458. The maximum Gasteiger partial charge on any atom is 0.325 e. The minimum absolute atomic E-state index is 0.0376. The largest absolute Gasteiger partial charge is 0.481 e. The van der Waals surface area contributed by atoms with E-state index in [4.69, 9.17) is 16.6 Å².